The number of nitrogens with one attached hydrogen (secondary N) is 4. The molecule has 14 heteroatoms. The third kappa shape index (κ3) is 11.3. The van der Waals surface area contributed by atoms with Crippen LogP contribution in [0.25, 0.3) is 0 Å². The first kappa shape index (κ1) is 31.0. The number of benzene rings is 2. The first-order chi connectivity index (χ1) is 19.0. The van der Waals surface area contributed by atoms with E-state index in [2.05, 4.69) is 41.1 Å². The average molecular weight is 592 g/mol. The Kier molecular flexibility index (Phi) is 11.8. The zero-order chi connectivity index (χ0) is 29.1. The van der Waals surface area contributed by atoms with E-state index in [4.69, 9.17) is 34.7 Å². The van der Waals surface area contributed by atoms with Crippen molar-refractivity contribution in [1.82, 2.24) is 20.4 Å². The van der Waals surface area contributed by atoms with Crippen molar-refractivity contribution in [2.24, 2.45) is 21.5 Å². The first-order valence-electron chi connectivity index (χ1n) is 12.8. The third-order valence-corrected chi connectivity index (χ3v) is 6.42. The second kappa shape index (κ2) is 15.3. The molecule has 1 aliphatic rings. The van der Waals surface area contributed by atoms with Gasteiger partial charge in [-0.05, 0) is 62.4 Å². The lowest BCUT2D eigenvalue weighted by Crippen LogP contribution is -2.50. The maximum Gasteiger partial charge on any atom is 0.325 e. The highest BCUT2D eigenvalue weighted by molar-refractivity contribution is 6.31. The number of rotatable bonds is 8. The summed E-state index contributed by atoms with van der Waals surface area (Å²) >= 11 is 11.7. The van der Waals surface area contributed by atoms with Crippen LogP contribution in [0.3, 0.4) is 0 Å². The standard InChI is InChI=1S/C26H36Cl2N10O2/c1-17(31-23(29)35-25(39)33-21-7-3-19(27)4-8-21)15-37-11-13-38(14-12-37)16-18(2)32-24(30)36-26(40)34-22-9-5-20(28)6-10-22/h3-10,17-18H,11-16H2,1-2H3,(H4,29,31,33,35,39)(H4,30,32,34,36,40). The van der Waals surface area contributed by atoms with Gasteiger partial charge in [-0.3, -0.25) is 20.4 Å². The van der Waals surface area contributed by atoms with Gasteiger partial charge in [0.25, 0.3) is 0 Å². The largest absolute Gasteiger partial charge is 0.370 e. The first-order valence-corrected chi connectivity index (χ1v) is 13.6. The van der Waals surface area contributed by atoms with E-state index >= 15 is 0 Å². The van der Waals surface area contributed by atoms with Crippen molar-refractivity contribution in [3.63, 3.8) is 0 Å². The number of hydrogen-bond donors (Lipinski definition) is 6. The van der Waals surface area contributed by atoms with E-state index in [1.807, 2.05) is 13.8 Å². The highest BCUT2D eigenvalue weighted by Gasteiger charge is 2.20. The zero-order valence-corrected chi connectivity index (χ0v) is 24.0. The predicted molar refractivity (Wildman–Crippen MR) is 162 cm³/mol. The van der Waals surface area contributed by atoms with Gasteiger partial charge in [-0.2, -0.15) is 0 Å². The summed E-state index contributed by atoms with van der Waals surface area (Å²) in [6, 6.07) is 12.4. The number of carbonyl (C=O) groups excluding carboxylic acids is 2. The predicted octanol–water partition coefficient (Wildman–Crippen LogP) is 2.96. The number of urea groups is 2. The van der Waals surface area contributed by atoms with Gasteiger partial charge in [-0.15, -0.1) is 0 Å². The van der Waals surface area contributed by atoms with Crippen molar-refractivity contribution < 1.29 is 9.59 Å². The van der Waals surface area contributed by atoms with Crippen molar-refractivity contribution >= 4 is 58.6 Å². The van der Waals surface area contributed by atoms with Gasteiger partial charge in [-0.1, -0.05) is 23.2 Å². The fraction of sp³-hybridized carbons (Fsp3) is 0.385. The Balaban J connectivity index is 1.34. The summed E-state index contributed by atoms with van der Waals surface area (Å²) in [5.74, 6) is 0.106. The highest BCUT2D eigenvalue weighted by Crippen LogP contribution is 2.14. The van der Waals surface area contributed by atoms with Crippen molar-refractivity contribution in [3.8, 4) is 0 Å². The number of carbonyl (C=O) groups is 2. The number of nitrogens with zero attached hydrogens (tertiary/aromatic N) is 4. The van der Waals surface area contributed by atoms with E-state index in [0.29, 0.717) is 34.5 Å². The van der Waals surface area contributed by atoms with Crippen molar-refractivity contribution in [3.05, 3.63) is 58.6 Å². The molecule has 40 heavy (non-hydrogen) atoms. The zero-order valence-electron chi connectivity index (χ0n) is 22.5. The lowest BCUT2D eigenvalue weighted by Gasteiger charge is -2.36. The van der Waals surface area contributed by atoms with Gasteiger partial charge in [0, 0.05) is 60.7 Å². The summed E-state index contributed by atoms with van der Waals surface area (Å²) in [7, 11) is 0. The molecule has 2 aromatic rings. The Hall–Kier alpha value is -3.58. The number of halogens is 2. The number of hydrogen-bond acceptors (Lipinski definition) is 6. The second-order valence-corrected chi connectivity index (χ2v) is 10.4. The fourth-order valence-electron chi connectivity index (χ4n) is 4.15. The van der Waals surface area contributed by atoms with E-state index < -0.39 is 12.1 Å². The van der Waals surface area contributed by atoms with E-state index in [9.17, 15) is 9.59 Å². The Bertz CT molecular complexity index is 1090. The molecule has 0 spiro atoms. The second-order valence-electron chi connectivity index (χ2n) is 9.50. The quantitative estimate of drug-likeness (QED) is 0.204. The van der Waals surface area contributed by atoms with Crippen LogP contribution >= 0.6 is 23.2 Å². The Morgan fingerprint density at radius 1 is 0.725 bits per heavy atom. The van der Waals surface area contributed by atoms with Crippen LogP contribution in [0.1, 0.15) is 13.8 Å². The molecule has 12 nitrogen and oxygen atoms in total. The molecule has 0 radical (unpaired) electrons. The lowest BCUT2D eigenvalue weighted by molar-refractivity contribution is 0.125. The molecule has 0 aromatic heterocycles. The Morgan fingerprint density at radius 2 is 1.05 bits per heavy atom. The van der Waals surface area contributed by atoms with Gasteiger partial charge in [-0.25, -0.2) is 19.6 Å². The van der Waals surface area contributed by atoms with E-state index in [0.717, 1.165) is 26.2 Å². The monoisotopic (exact) mass is 590 g/mol. The van der Waals surface area contributed by atoms with Gasteiger partial charge >= 0.3 is 12.1 Å². The topological polar surface area (TPSA) is 166 Å². The van der Waals surface area contributed by atoms with Crippen LogP contribution in [0, 0.1) is 0 Å². The molecule has 4 amide bonds. The molecule has 1 heterocycles. The number of amides is 4. The van der Waals surface area contributed by atoms with Crippen molar-refractivity contribution in [1.29, 1.82) is 0 Å². The molecule has 216 valence electrons. The minimum Gasteiger partial charge on any atom is -0.370 e. The number of anilines is 2. The maximum atomic E-state index is 12.1. The van der Waals surface area contributed by atoms with Gasteiger partial charge < -0.3 is 22.1 Å². The normalized spacial score (nSPS) is 16.6. The fourth-order valence-corrected chi connectivity index (χ4v) is 4.40. The van der Waals surface area contributed by atoms with E-state index in [1.165, 1.54) is 0 Å². The summed E-state index contributed by atoms with van der Waals surface area (Å²) in [6.07, 6.45) is 0. The molecule has 2 aromatic carbocycles. The molecule has 1 aliphatic heterocycles. The number of nitrogens with two attached hydrogens (primary N) is 2. The molecule has 1 fully saturated rings. The highest BCUT2D eigenvalue weighted by atomic mass is 35.5. The third-order valence-electron chi connectivity index (χ3n) is 5.92. The van der Waals surface area contributed by atoms with Crippen molar-refractivity contribution in [2.75, 3.05) is 49.9 Å². The average Bonchev–Trinajstić information content (AvgIpc) is 2.87. The van der Waals surface area contributed by atoms with Gasteiger partial charge in [0.2, 0.25) is 0 Å². The molecular weight excluding hydrogens is 555 g/mol. The molecule has 2 atom stereocenters. The van der Waals surface area contributed by atoms with Gasteiger partial charge in [0.15, 0.2) is 11.9 Å². The van der Waals surface area contributed by atoms with Gasteiger partial charge in [0.05, 0.1) is 12.1 Å². The Morgan fingerprint density at radius 3 is 1.38 bits per heavy atom. The molecular formula is C26H36Cl2N10O2. The van der Waals surface area contributed by atoms with Gasteiger partial charge in [0.1, 0.15) is 0 Å². The number of guanidine groups is 2. The van der Waals surface area contributed by atoms with Crippen LogP contribution in [-0.2, 0) is 0 Å². The number of piperazine rings is 1. The molecule has 0 saturated carbocycles. The smallest absolute Gasteiger partial charge is 0.325 e. The van der Waals surface area contributed by atoms with Crippen molar-refractivity contribution in [2.45, 2.75) is 25.9 Å². The molecule has 2 unspecified atom stereocenters. The van der Waals surface area contributed by atoms with E-state index in [-0.39, 0.29) is 24.0 Å². The van der Waals surface area contributed by atoms with Crippen LogP contribution in [-0.4, -0.2) is 85.1 Å². The minimum absolute atomic E-state index is 0.0531. The summed E-state index contributed by atoms with van der Waals surface area (Å²) in [5, 5.41) is 11.6. The molecule has 3 rings (SSSR count). The van der Waals surface area contributed by atoms with Crippen LogP contribution in [0.4, 0.5) is 21.0 Å². The summed E-state index contributed by atoms with van der Waals surface area (Å²) in [5.41, 5.74) is 13.0. The van der Waals surface area contributed by atoms with Crippen LogP contribution in [0.5, 0.6) is 0 Å². The number of aliphatic imine (C=N–C) groups is 2. The molecule has 0 bridgehead atoms. The molecule has 8 N–H and O–H groups in total. The Labute approximate surface area is 244 Å². The van der Waals surface area contributed by atoms with Crippen LogP contribution in [0.15, 0.2) is 58.5 Å². The van der Waals surface area contributed by atoms with Crippen LogP contribution in [0.2, 0.25) is 10.0 Å². The SMILES string of the molecule is CC(CN1CCN(CC(C)N=C(N)NC(=O)Nc2ccc(Cl)cc2)CC1)N=C(N)NC(=O)Nc1ccc(Cl)cc1. The van der Waals surface area contributed by atoms with Crippen LogP contribution < -0.4 is 32.7 Å². The minimum atomic E-state index is -0.473. The lowest BCUT2D eigenvalue weighted by atomic mass is 10.2. The van der Waals surface area contributed by atoms with E-state index in [1.54, 1.807) is 48.5 Å². The molecule has 0 aliphatic carbocycles. The maximum absolute atomic E-state index is 12.1. The summed E-state index contributed by atoms with van der Waals surface area (Å²) in [6.45, 7) is 8.76. The molecule has 1 saturated heterocycles. The summed E-state index contributed by atoms with van der Waals surface area (Å²) < 4.78 is 0. The summed E-state index contributed by atoms with van der Waals surface area (Å²) in [4.78, 5) is 37.6.